The summed E-state index contributed by atoms with van der Waals surface area (Å²) in [6.07, 6.45) is 0. The molecule has 0 saturated heterocycles. The third kappa shape index (κ3) is 0.962. The molecule has 0 atom stereocenters. The van der Waals surface area contributed by atoms with Gasteiger partial charge in [0.25, 0.3) is 0 Å². The molecule has 1 rings (SSSR count). The van der Waals surface area contributed by atoms with Crippen LogP contribution in [-0.2, 0) is 0 Å². The van der Waals surface area contributed by atoms with E-state index in [1.165, 1.54) is 0 Å². The van der Waals surface area contributed by atoms with Gasteiger partial charge in [0.1, 0.15) is 12.1 Å². The molecule has 0 fully saturated rings. The van der Waals surface area contributed by atoms with E-state index in [0.717, 1.165) is 0 Å². The molecule has 0 saturated carbocycles. The minimum Gasteiger partial charge on any atom is -0.192 e. The second kappa shape index (κ2) is 2.66. The fourth-order valence-electron chi connectivity index (χ4n) is 0.678. The van der Waals surface area contributed by atoms with E-state index >= 15 is 0 Å². The molecule has 0 amide bonds. The summed E-state index contributed by atoms with van der Waals surface area (Å²) in [5.74, 6) is 0. The van der Waals surface area contributed by atoms with Crippen molar-refractivity contribution in [3.05, 3.63) is 35.4 Å². The molecule has 0 heterocycles. The molecule has 0 spiro atoms. The first-order valence-corrected chi connectivity index (χ1v) is 2.77. The van der Waals surface area contributed by atoms with Crippen molar-refractivity contribution >= 4 is 0 Å². The third-order valence-corrected chi connectivity index (χ3v) is 1.17. The topological polar surface area (TPSA) is 47.6 Å². The predicted octanol–water partition coefficient (Wildman–Crippen LogP) is 1.43. The number of benzene rings is 1. The number of nitriles is 2. The lowest BCUT2D eigenvalue weighted by Gasteiger charge is -1.88. The van der Waals surface area contributed by atoms with Gasteiger partial charge in [-0.2, -0.15) is 10.5 Å². The maximum atomic E-state index is 8.45. The van der Waals surface area contributed by atoms with Crippen LogP contribution in [0.2, 0.25) is 0 Å². The van der Waals surface area contributed by atoms with E-state index in [-0.39, 0.29) is 0 Å². The highest BCUT2D eigenvalue weighted by atomic mass is 14.5. The van der Waals surface area contributed by atoms with Gasteiger partial charge >= 0.3 is 0 Å². The van der Waals surface area contributed by atoms with Crippen LogP contribution >= 0.6 is 0 Å². The van der Waals surface area contributed by atoms with Gasteiger partial charge in [-0.3, -0.25) is 0 Å². The van der Waals surface area contributed by atoms with E-state index in [0.29, 0.717) is 11.1 Å². The van der Waals surface area contributed by atoms with E-state index in [4.69, 9.17) is 10.5 Å². The lowest BCUT2D eigenvalue weighted by Crippen LogP contribution is -1.79. The maximum absolute atomic E-state index is 8.45. The van der Waals surface area contributed by atoms with Crippen molar-refractivity contribution in [3.8, 4) is 12.1 Å². The molecule has 0 unspecified atom stereocenters. The van der Waals surface area contributed by atoms with E-state index in [9.17, 15) is 0 Å². The van der Waals surface area contributed by atoms with Crippen LogP contribution in [0.25, 0.3) is 0 Å². The van der Waals surface area contributed by atoms with Crippen LogP contribution in [0.4, 0.5) is 0 Å². The molecule has 0 aliphatic heterocycles. The Morgan fingerprint density at radius 1 is 0.900 bits per heavy atom. The first kappa shape index (κ1) is 6.32. The molecular weight excluding hydrogens is 126 g/mol. The minimum absolute atomic E-state index is 0.435. The average Bonchev–Trinajstić information content (AvgIpc) is 2.04. The van der Waals surface area contributed by atoms with Crippen LogP contribution in [0.3, 0.4) is 0 Å². The van der Waals surface area contributed by atoms with Gasteiger partial charge in [-0.05, 0) is 12.1 Å². The molecule has 46 valence electrons. The van der Waals surface area contributed by atoms with Crippen molar-refractivity contribution in [2.75, 3.05) is 0 Å². The zero-order chi connectivity index (χ0) is 7.40. The fraction of sp³-hybridized carbons (Fsp3) is 0. The first-order valence-electron chi connectivity index (χ1n) is 2.77. The Labute approximate surface area is 58.9 Å². The van der Waals surface area contributed by atoms with Crippen molar-refractivity contribution in [1.82, 2.24) is 0 Å². The molecule has 0 bridgehead atoms. The Balaban J connectivity index is 3.28. The summed E-state index contributed by atoms with van der Waals surface area (Å²) in [7, 11) is 0. The molecule has 1 aromatic rings. The monoisotopic (exact) mass is 130 g/mol. The minimum atomic E-state index is 0.435. The van der Waals surface area contributed by atoms with E-state index in [1.54, 1.807) is 24.3 Å². The van der Waals surface area contributed by atoms with E-state index in [2.05, 4.69) is 0 Å². The summed E-state index contributed by atoms with van der Waals surface area (Å²) in [5, 5.41) is 16.9. The molecule has 2 nitrogen and oxygen atoms in total. The highest BCUT2D eigenvalue weighted by molar-refractivity contribution is 5.44. The predicted molar refractivity (Wildman–Crippen MR) is 35.9 cm³/mol. The van der Waals surface area contributed by atoms with Gasteiger partial charge in [0.2, 0.25) is 0 Å². The summed E-state index contributed by atoms with van der Waals surface area (Å²) < 4.78 is 0. The van der Waals surface area contributed by atoms with Crippen LogP contribution in [0, 0.1) is 22.7 Å². The Hall–Kier alpha value is -1.80. The molecule has 10 heavy (non-hydrogen) atoms. The zero-order valence-electron chi connectivity index (χ0n) is 5.20. The number of hydrogen-bond acceptors (Lipinski definition) is 2. The third-order valence-electron chi connectivity index (χ3n) is 1.17. The molecule has 1 aromatic carbocycles. The Bertz CT molecular complexity index is 282. The summed E-state index contributed by atoms with van der Waals surface area (Å²) in [5.41, 5.74) is 0.870. The Kier molecular flexibility index (Phi) is 1.68. The number of hydrogen-bond donors (Lipinski definition) is 0. The number of nitrogens with zero attached hydrogens (tertiary/aromatic N) is 2. The van der Waals surface area contributed by atoms with Crippen molar-refractivity contribution in [2.45, 2.75) is 0 Å². The van der Waals surface area contributed by atoms with Crippen molar-refractivity contribution in [3.63, 3.8) is 0 Å². The second-order valence-electron chi connectivity index (χ2n) is 1.77. The first-order chi connectivity index (χ1) is 4.88. The van der Waals surface area contributed by atoms with Gasteiger partial charge in [0.05, 0.1) is 11.1 Å². The Morgan fingerprint density at radius 2 is 1.30 bits per heavy atom. The molecular formula is C8H4N2. The average molecular weight is 130 g/mol. The van der Waals surface area contributed by atoms with Crippen LogP contribution in [0.15, 0.2) is 24.3 Å². The zero-order valence-corrected chi connectivity index (χ0v) is 5.20. The van der Waals surface area contributed by atoms with Gasteiger partial charge in [0.15, 0.2) is 0 Å². The van der Waals surface area contributed by atoms with Gasteiger partial charge in [-0.1, -0.05) is 12.1 Å². The molecule has 2 heteroatoms. The van der Waals surface area contributed by atoms with Crippen molar-refractivity contribution in [1.29, 1.82) is 10.5 Å². The quantitative estimate of drug-likeness (QED) is 0.499. The summed E-state index contributed by atoms with van der Waals surface area (Å²) in [4.78, 5) is 0. The molecule has 0 N–H and O–H groups in total. The van der Waals surface area contributed by atoms with Crippen LogP contribution in [0.1, 0.15) is 11.1 Å². The van der Waals surface area contributed by atoms with Gasteiger partial charge in [-0.15, -0.1) is 0 Å². The van der Waals surface area contributed by atoms with Gasteiger partial charge < -0.3 is 0 Å². The fourth-order valence-corrected chi connectivity index (χ4v) is 0.678. The van der Waals surface area contributed by atoms with Crippen LogP contribution < -0.4 is 0 Å². The highest BCUT2D eigenvalue weighted by Crippen LogP contribution is 2.03. The normalized spacial score (nSPS) is 7.80. The molecule has 0 radical (unpaired) electrons. The lowest BCUT2D eigenvalue weighted by atomic mass is 10.2. The van der Waals surface area contributed by atoms with E-state index in [1.807, 2.05) is 12.1 Å². The van der Waals surface area contributed by atoms with Crippen molar-refractivity contribution in [2.24, 2.45) is 0 Å². The summed E-state index contributed by atoms with van der Waals surface area (Å²) in [6.45, 7) is 0. The lowest BCUT2D eigenvalue weighted by molar-refractivity contribution is 1.43. The van der Waals surface area contributed by atoms with E-state index < -0.39 is 0 Å². The highest BCUT2D eigenvalue weighted by Gasteiger charge is 1.95. The molecule has 0 aliphatic carbocycles. The smallest absolute Gasteiger partial charge is 0.101 e. The van der Waals surface area contributed by atoms with Gasteiger partial charge in [-0.25, -0.2) is 0 Å². The second-order valence-corrected chi connectivity index (χ2v) is 1.77. The Morgan fingerprint density at radius 3 is 1.60 bits per heavy atom. The largest absolute Gasteiger partial charge is 0.192 e. The standard InChI is InChI=1S/C8H4N2/c9-5-7-3-1-2-4-8(7)6-10/h1-4H/i5+1,6+1. The maximum Gasteiger partial charge on any atom is 0.101 e. The van der Waals surface area contributed by atoms with Crippen LogP contribution in [0.5, 0.6) is 0 Å². The van der Waals surface area contributed by atoms with Crippen LogP contribution in [-0.4, -0.2) is 0 Å². The summed E-state index contributed by atoms with van der Waals surface area (Å²) >= 11 is 0. The SMILES string of the molecule is N#[13C]c1ccccc1[13C]#N. The molecule has 0 aliphatic rings. The van der Waals surface area contributed by atoms with Gasteiger partial charge in [0, 0.05) is 0 Å². The number of rotatable bonds is 0. The van der Waals surface area contributed by atoms with Crippen molar-refractivity contribution < 1.29 is 0 Å². The molecule has 0 aromatic heterocycles. The summed E-state index contributed by atoms with van der Waals surface area (Å²) in [6, 6.07) is 10.6.